The van der Waals surface area contributed by atoms with Crippen LogP contribution in [0.25, 0.3) is 0 Å². The van der Waals surface area contributed by atoms with Gasteiger partial charge in [0.2, 0.25) is 0 Å². The molecule has 0 amide bonds. The van der Waals surface area contributed by atoms with Gasteiger partial charge in [-0.05, 0) is 0 Å². The molecular weight excluding hydrogens is 826 g/mol. The molecule has 54 heavy (non-hydrogen) atoms. The molecule has 2 rings (SSSR count). The van der Waals surface area contributed by atoms with Gasteiger partial charge in [-0.1, -0.05) is 0 Å². The molecule has 0 spiro atoms. The van der Waals surface area contributed by atoms with Crippen molar-refractivity contribution in [2.45, 2.75) is 83.4 Å². The first kappa shape index (κ1) is 48.9. The van der Waals surface area contributed by atoms with Crippen molar-refractivity contribution in [1.82, 2.24) is 0 Å². The van der Waals surface area contributed by atoms with Crippen LogP contribution >= 0.6 is 0 Å². The first-order valence-corrected chi connectivity index (χ1v) is 32.5. The summed E-state index contributed by atoms with van der Waals surface area (Å²) in [5.74, 6) is 31.6. The van der Waals surface area contributed by atoms with Crippen LogP contribution in [0.5, 0.6) is 0 Å². The van der Waals surface area contributed by atoms with Gasteiger partial charge in [-0.3, -0.25) is 0 Å². The Morgan fingerprint density at radius 3 is 1.04 bits per heavy atom. The number of ether oxygens (including phenoxy) is 14. The van der Waals surface area contributed by atoms with Crippen LogP contribution in [-0.2, 0) is 66.3 Å². The Labute approximate surface area is 328 Å². The SMILES string of the molecule is COCOC[C@H]1O[C@H](C#CC#C[C@H]2O[C@H](COCOC)[C@@H](C#[C][Ge]([CH3])([CH3])[CH3])[C@H](OCOC)[C@H]2OCOC)[C@H](OCOC)[C@@H](OCOC)[C@@H]1C#[C][Ge]([CH3])([CH3])[CH3]. The van der Waals surface area contributed by atoms with Crippen LogP contribution in [-0.4, -0.2) is 172 Å². The summed E-state index contributed by atoms with van der Waals surface area (Å²) in [7, 11) is 9.30. The second kappa shape index (κ2) is 26.6. The first-order valence-electron chi connectivity index (χ1n) is 17.8. The van der Waals surface area contributed by atoms with Gasteiger partial charge in [0.15, 0.2) is 0 Å². The third kappa shape index (κ3) is 17.9. The fraction of sp³-hybridized carbons (Fsp3) is 0.789. The predicted octanol–water partition coefficient (Wildman–Crippen LogP) is 2.72. The predicted molar refractivity (Wildman–Crippen MR) is 205 cm³/mol. The summed E-state index contributed by atoms with van der Waals surface area (Å²) in [6, 6.07) is 0. The maximum absolute atomic E-state index is 6.55. The topological polar surface area (TPSA) is 129 Å². The molecule has 0 unspecified atom stereocenters. The Balaban J connectivity index is 2.60. The maximum atomic E-state index is 6.55. The minimum absolute atomic E-state index is 0.00572. The van der Waals surface area contributed by atoms with Crippen molar-refractivity contribution in [2.75, 3.05) is 96.6 Å². The van der Waals surface area contributed by atoms with Gasteiger partial charge in [-0.2, -0.15) is 0 Å². The molecule has 306 valence electrons. The number of hydrogen-bond donors (Lipinski definition) is 0. The third-order valence-corrected chi connectivity index (χ3v) is 11.3. The van der Waals surface area contributed by atoms with Gasteiger partial charge in [0.25, 0.3) is 0 Å². The van der Waals surface area contributed by atoms with Gasteiger partial charge in [0, 0.05) is 0 Å². The molecular formula is C38H62Ge2O14. The van der Waals surface area contributed by atoms with E-state index >= 15 is 0 Å². The number of hydrogen-bond acceptors (Lipinski definition) is 14. The molecule has 2 heterocycles. The second-order valence-corrected chi connectivity index (χ2v) is 34.5. The minimum atomic E-state index is -2.31. The van der Waals surface area contributed by atoms with E-state index in [1.807, 2.05) is 0 Å². The summed E-state index contributed by atoms with van der Waals surface area (Å²) < 4.78 is 87.8. The molecule has 2 aliphatic heterocycles. The summed E-state index contributed by atoms with van der Waals surface area (Å²) in [6.07, 6.45) is -5.24. The molecule has 16 heteroatoms. The Bertz CT molecular complexity index is 1210. The van der Waals surface area contributed by atoms with Crippen molar-refractivity contribution >= 4 is 26.5 Å². The van der Waals surface area contributed by atoms with Crippen molar-refractivity contribution < 1.29 is 66.3 Å². The fourth-order valence-electron chi connectivity index (χ4n) is 5.40. The summed E-state index contributed by atoms with van der Waals surface area (Å²) in [4.78, 5) is 0. The molecule has 0 aromatic heterocycles. The molecule has 0 bridgehead atoms. The van der Waals surface area contributed by atoms with Gasteiger partial charge in [-0.25, -0.2) is 0 Å². The van der Waals surface area contributed by atoms with Gasteiger partial charge < -0.3 is 0 Å². The zero-order chi connectivity index (χ0) is 40.0. The van der Waals surface area contributed by atoms with Crippen LogP contribution in [0.4, 0.5) is 0 Å². The molecule has 0 N–H and O–H groups in total. The summed E-state index contributed by atoms with van der Waals surface area (Å²) in [5.41, 5.74) is 0. The van der Waals surface area contributed by atoms with E-state index in [2.05, 4.69) is 79.6 Å². The molecule has 0 radical (unpaired) electrons. The van der Waals surface area contributed by atoms with Crippen LogP contribution in [0.2, 0.25) is 34.5 Å². The van der Waals surface area contributed by atoms with Gasteiger partial charge >= 0.3 is 330 Å². The Hall–Kier alpha value is -1.23. The molecule has 2 saturated heterocycles. The molecule has 0 aromatic carbocycles. The Kier molecular flexibility index (Phi) is 24.1. The standard InChI is InChI=1S/C38H62Ge2O14/c1-39(2,3)19-17-29-33(21-47-23-41-7)53-31(37(51-27-45-11)35(29)49-25-43-9)15-13-14-16-32-38(52-28-46-12)36(50-26-44-10)30(18-20-40(4,5)6)34(54-32)22-48-24-42-8/h29-38H,21-28H2,1-12H3/t29-,30-,31-,32-,33-,34-,35+,36+,37+,38+/m1/s1. The van der Waals surface area contributed by atoms with E-state index in [0.717, 1.165) is 0 Å². The molecule has 0 saturated carbocycles. The van der Waals surface area contributed by atoms with E-state index in [1.54, 1.807) is 28.4 Å². The first-order chi connectivity index (χ1) is 25.8. The monoisotopic (exact) mass is 890 g/mol. The van der Waals surface area contributed by atoms with Crippen LogP contribution in [0.3, 0.4) is 0 Å². The molecule has 0 aliphatic carbocycles. The van der Waals surface area contributed by atoms with Crippen molar-refractivity contribution in [3.05, 3.63) is 0 Å². The van der Waals surface area contributed by atoms with E-state index in [1.165, 1.54) is 14.2 Å². The molecule has 2 aliphatic rings. The fourth-order valence-corrected chi connectivity index (χ4v) is 7.92. The van der Waals surface area contributed by atoms with Crippen LogP contribution < -0.4 is 0 Å². The Morgan fingerprint density at radius 1 is 0.426 bits per heavy atom. The summed E-state index contributed by atoms with van der Waals surface area (Å²) >= 11 is -4.61. The zero-order valence-corrected chi connectivity index (χ0v) is 38.3. The van der Waals surface area contributed by atoms with Crippen LogP contribution in [0.1, 0.15) is 0 Å². The van der Waals surface area contributed by atoms with Gasteiger partial charge in [-0.15, -0.1) is 0 Å². The number of rotatable bonds is 20. The van der Waals surface area contributed by atoms with Gasteiger partial charge in [0.1, 0.15) is 0 Å². The zero-order valence-electron chi connectivity index (χ0n) is 34.1. The van der Waals surface area contributed by atoms with Crippen LogP contribution in [0, 0.1) is 56.9 Å². The van der Waals surface area contributed by atoms with E-state index < -0.39 is 87.2 Å². The molecule has 0 aromatic rings. The molecule has 14 nitrogen and oxygen atoms in total. The average molecular weight is 888 g/mol. The second-order valence-electron chi connectivity index (χ2n) is 14.5. The normalized spacial score (nSPS) is 28.4. The third-order valence-electron chi connectivity index (χ3n) is 7.60. The average Bonchev–Trinajstić information content (AvgIpc) is 3.12. The number of methoxy groups -OCH3 is 6. The van der Waals surface area contributed by atoms with E-state index in [0.29, 0.717) is 0 Å². The Morgan fingerprint density at radius 2 is 0.741 bits per heavy atom. The molecule has 10 atom stereocenters. The quantitative estimate of drug-likeness (QED) is 0.0770. The van der Waals surface area contributed by atoms with E-state index in [9.17, 15) is 0 Å². The van der Waals surface area contributed by atoms with Gasteiger partial charge in [0.05, 0.1) is 0 Å². The van der Waals surface area contributed by atoms with Crippen LogP contribution in [0.15, 0.2) is 0 Å². The summed E-state index contributed by atoms with van der Waals surface area (Å²) in [5, 5.41) is 0. The van der Waals surface area contributed by atoms with Crippen molar-refractivity contribution in [1.29, 1.82) is 0 Å². The van der Waals surface area contributed by atoms with Crippen molar-refractivity contribution in [3.63, 3.8) is 0 Å². The van der Waals surface area contributed by atoms with E-state index in [4.69, 9.17) is 66.3 Å². The van der Waals surface area contributed by atoms with Crippen molar-refractivity contribution in [2.24, 2.45) is 11.8 Å². The summed E-state index contributed by atoms with van der Waals surface area (Å²) in [6.45, 7) is 0.486. The van der Waals surface area contributed by atoms with Crippen molar-refractivity contribution in [3.8, 4) is 45.0 Å². The van der Waals surface area contributed by atoms with E-state index in [-0.39, 0.29) is 54.0 Å². The molecule has 2 fully saturated rings.